The van der Waals surface area contributed by atoms with Crippen LogP contribution in [0.4, 0.5) is 0 Å². The number of nitrogens with zero attached hydrogens (tertiary/aromatic N) is 1. The smallest absolute Gasteiger partial charge is 0.330 e. The van der Waals surface area contributed by atoms with Crippen molar-refractivity contribution in [3.8, 4) is 11.6 Å². The standard InChI is InChI=1S/C26H31NO5/c1-24(2,3)32-22(28)15-14-20-25(4,5)26(20,23(29)30)17-16-18-10-9-13-21(27-18)31-19-11-7-6-8-12-19/h6-15,20H,16-17H2,1-5H3,(H,29,30)/t20-,26+/m1/s1. The molecule has 0 amide bonds. The number of ether oxygens (including phenoxy) is 2. The summed E-state index contributed by atoms with van der Waals surface area (Å²) in [6, 6.07) is 14.9. The number of pyridine rings is 1. The second kappa shape index (κ2) is 8.77. The summed E-state index contributed by atoms with van der Waals surface area (Å²) in [5.41, 5.74) is -1.29. The number of para-hydroxylation sites is 1. The van der Waals surface area contributed by atoms with Gasteiger partial charge in [0.2, 0.25) is 5.88 Å². The van der Waals surface area contributed by atoms with Crippen LogP contribution in [0.5, 0.6) is 11.6 Å². The van der Waals surface area contributed by atoms with Gasteiger partial charge in [0.25, 0.3) is 0 Å². The minimum atomic E-state index is -0.969. The van der Waals surface area contributed by atoms with Gasteiger partial charge in [-0.1, -0.05) is 44.2 Å². The van der Waals surface area contributed by atoms with E-state index < -0.39 is 28.4 Å². The first kappa shape index (κ1) is 23.5. The number of aliphatic carboxylic acids is 1. The maximum absolute atomic E-state index is 12.3. The van der Waals surface area contributed by atoms with Crippen molar-refractivity contribution in [2.45, 2.75) is 53.1 Å². The number of aromatic nitrogens is 1. The van der Waals surface area contributed by atoms with Gasteiger partial charge in [-0.25, -0.2) is 9.78 Å². The highest BCUT2D eigenvalue weighted by Crippen LogP contribution is 2.71. The monoisotopic (exact) mass is 437 g/mol. The molecule has 0 aliphatic heterocycles. The van der Waals surface area contributed by atoms with E-state index in [4.69, 9.17) is 9.47 Å². The van der Waals surface area contributed by atoms with E-state index in [-0.39, 0.29) is 5.92 Å². The third-order valence-electron chi connectivity index (χ3n) is 6.11. The molecule has 2 atom stereocenters. The summed E-state index contributed by atoms with van der Waals surface area (Å²) < 4.78 is 11.1. The first-order valence-corrected chi connectivity index (χ1v) is 10.8. The molecule has 1 fully saturated rings. The molecular formula is C26H31NO5. The minimum absolute atomic E-state index is 0.274. The van der Waals surface area contributed by atoms with Crippen LogP contribution in [0, 0.1) is 16.7 Å². The third kappa shape index (κ3) is 5.01. The highest BCUT2D eigenvalue weighted by molar-refractivity contribution is 5.85. The number of benzene rings is 1. The molecule has 0 unspecified atom stereocenters. The Kier molecular flexibility index (Phi) is 6.44. The maximum atomic E-state index is 12.3. The first-order valence-electron chi connectivity index (χ1n) is 10.8. The molecule has 1 aliphatic rings. The number of carboxylic acid groups (broad SMARTS) is 1. The molecule has 1 aliphatic carbocycles. The van der Waals surface area contributed by atoms with Crippen molar-refractivity contribution in [3.05, 3.63) is 66.4 Å². The van der Waals surface area contributed by atoms with Crippen molar-refractivity contribution < 1.29 is 24.2 Å². The second-order valence-corrected chi connectivity index (χ2v) is 9.75. The van der Waals surface area contributed by atoms with Crippen molar-refractivity contribution in [3.63, 3.8) is 0 Å². The van der Waals surface area contributed by atoms with Gasteiger partial charge in [0.1, 0.15) is 11.4 Å². The van der Waals surface area contributed by atoms with Gasteiger partial charge >= 0.3 is 11.9 Å². The SMILES string of the molecule is CC(C)(C)OC(=O)C=C[C@@H]1C(C)(C)[C@]1(CCc1cccc(Oc2ccccc2)n1)C(=O)O. The van der Waals surface area contributed by atoms with Crippen molar-refractivity contribution in [1.29, 1.82) is 0 Å². The van der Waals surface area contributed by atoms with E-state index in [2.05, 4.69) is 4.98 Å². The molecule has 1 N–H and O–H groups in total. The summed E-state index contributed by atoms with van der Waals surface area (Å²) in [7, 11) is 0. The average molecular weight is 438 g/mol. The number of rotatable bonds is 8. The molecule has 0 saturated heterocycles. The van der Waals surface area contributed by atoms with Gasteiger partial charge in [0.05, 0.1) is 5.41 Å². The van der Waals surface area contributed by atoms with Crippen molar-refractivity contribution >= 4 is 11.9 Å². The van der Waals surface area contributed by atoms with E-state index >= 15 is 0 Å². The van der Waals surface area contributed by atoms with E-state index in [9.17, 15) is 14.7 Å². The largest absolute Gasteiger partial charge is 0.481 e. The molecule has 0 spiro atoms. The molecule has 0 radical (unpaired) electrons. The summed E-state index contributed by atoms with van der Waals surface area (Å²) in [6.45, 7) is 9.24. The van der Waals surface area contributed by atoms with E-state index in [0.29, 0.717) is 24.5 Å². The van der Waals surface area contributed by atoms with Crippen LogP contribution in [0.15, 0.2) is 60.7 Å². The van der Waals surface area contributed by atoms with Crippen molar-refractivity contribution in [2.24, 2.45) is 16.7 Å². The summed E-state index contributed by atoms with van der Waals surface area (Å²) in [6.07, 6.45) is 3.93. The number of allylic oxidation sites excluding steroid dienone is 1. The zero-order chi connectivity index (χ0) is 23.6. The number of hydrogen-bond acceptors (Lipinski definition) is 5. The number of carbonyl (C=O) groups excluding carboxylic acids is 1. The molecule has 0 bridgehead atoms. The van der Waals surface area contributed by atoms with Gasteiger partial charge in [-0.3, -0.25) is 4.79 Å². The van der Waals surface area contributed by atoms with Crippen LogP contribution >= 0.6 is 0 Å². The molecule has 1 aromatic carbocycles. The molecule has 1 heterocycles. The predicted octanol–water partition coefficient (Wildman–Crippen LogP) is 5.43. The van der Waals surface area contributed by atoms with Gasteiger partial charge in [0, 0.05) is 23.8 Å². The van der Waals surface area contributed by atoms with E-state index in [1.54, 1.807) is 32.9 Å². The lowest BCUT2D eigenvalue weighted by molar-refractivity contribution is -0.149. The Morgan fingerprint density at radius 3 is 2.41 bits per heavy atom. The van der Waals surface area contributed by atoms with Gasteiger partial charge in [-0.2, -0.15) is 0 Å². The van der Waals surface area contributed by atoms with Gasteiger partial charge in [-0.15, -0.1) is 0 Å². The molecule has 6 heteroatoms. The van der Waals surface area contributed by atoms with Crippen LogP contribution in [0.2, 0.25) is 0 Å². The number of carbonyl (C=O) groups is 2. The van der Waals surface area contributed by atoms with Crippen LogP contribution in [0.25, 0.3) is 0 Å². The fourth-order valence-corrected chi connectivity index (χ4v) is 4.39. The Bertz CT molecular complexity index is 1010. The highest BCUT2D eigenvalue weighted by atomic mass is 16.6. The summed E-state index contributed by atoms with van der Waals surface area (Å²) in [4.78, 5) is 28.9. The maximum Gasteiger partial charge on any atom is 0.330 e. The Balaban J connectivity index is 1.71. The molecule has 32 heavy (non-hydrogen) atoms. The summed E-state index contributed by atoms with van der Waals surface area (Å²) >= 11 is 0. The Hall–Kier alpha value is -3.15. The van der Waals surface area contributed by atoms with E-state index in [0.717, 1.165) is 5.69 Å². The van der Waals surface area contributed by atoms with E-state index in [1.807, 2.05) is 56.3 Å². The number of esters is 1. The van der Waals surface area contributed by atoms with Gasteiger partial charge in [0.15, 0.2) is 0 Å². The minimum Gasteiger partial charge on any atom is -0.481 e. The van der Waals surface area contributed by atoms with Crippen LogP contribution in [-0.4, -0.2) is 27.6 Å². The van der Waals surface area contributed by atoms with Crippen LogP contribution < -0.4 is 4.74 Å². The summed E-state index contributed by atoms with van der Waals surface area (Å²) in [5, 5.41) is 10.1. The predicted molar refractivity (Wildman–Crippen MR) is 121 cm³/mol. The normalized spacial score (nSPS) is 21.8. The van der Waals surface area contributed by atoms with Crippen LogP contribution in [0.1, 0.15) is 46.7 Å². The first-order chi connectivity index (χ1) is 15.0. The molecular weight excluding hydrogens is 406 g/mol. The van der Waals surface area contributed by atoms with Crippen molar-refractivity contribution in [2.75, 3.05) is 0 Å². The lowest BCUT2D eigenvalue weighted by Crippen LogP contribution is -2.23. The highest BCUT2D eigenvalue weighted by Gasteiger charge is 2.74. The summed E-state index contributed by atoms with van der Waals surface area (Å²) in [5.74, 6) is -0.446. The Morgan fingerprint density at radius 2 is 1.78 bits per heavy atom. The zero-order valence-electron chi connectivity index (χ0n) is 19.3. The molecule has 3 rings (SSSR count). The average Bonchev–Trinajstić information content (AvgIpc) is 3.19. The van der Waals surface area contributed by atoms with Crippen LogP contribution in [-0.2, 0) is 20.7 Å². The number of aryl methyl sites for hydroxylation is 1. The molecule has 1 saturated carbocycles. The van der Waals surface area contributed by atoms with Crippen molar-refractivity contribution in [1.82, 2.24) is 4.98 Å². The lowest BCUT2D eigenvalue weighted by atomic mass is 9.90. The quantitative estimate of drug-likeness (QED) is 0.438. The van der Waals surface area contributed by atoms with E-state index in [1.165, 1.54) is 6.08 Å². The van der Waals surface area contributed by atoms with Crippen LogP contribution in [0.3, 0.4) is 0 Å². The fourth-order valence-electron chi connectivity index (χ4n) is 4.39. The second-order valence-electron chi connectivity index (χ2n) is 9.75. The number of carboxylic acids is 1. The number of hydrogen-bond donors (Lipinski definition) is 1. The van der Waals surface area contributed by atoms with Gasteiger partial charge in [-0.05, 0) is 57.2 Å². The molecule has 2 aromatic rings. The van der Waals surface area contributed by atoms with Gasteiger partial charge < -0.3 is 14.6 Å². The lowest BCUT2D eigenvalue weighted by Gasteiger charge is -2.18. The zero-order valence-corrected chi connectivity index (χ0v) is 19.3. The molecule has 170 valence electrons. The molecule has 1 aromatic heterocycles. The molecule has 6 nitrogen and oxygen atoms in total. The Labute approximate surface area is 189 Å². The third-order valence-corrected chi connectivity index (χ3v) is 6.11. The fraction of sp³-hybridized carbons (Fsp3) is 0.423. The Morgan fingerprint density at radius 1 is 1.09 bits per heavy atom. The topological polar surface area (TPSA) is 85.7 Å².